The molecule has 20 heavy (non-hydrogen) atoms. The molecule has 0 saturated carbocycles. The van der Waals surface area contributed by atoms with Gasteiger partial charge in [0.2, 0.25) is 0 Å². The Morgan fingerprint density at radius 3 is 2.90 bits per heavy atom. The van der Waals surface area contributed by atoms with E-state index in [1.54, 1.807) is 32.4 Å². The molecular formula is C13H18BrN3O2S. The van der Waals surface area contributed by atoms with E-state index in [0.29, 0.717) is 23.8 Å². The lowest BCUT2D eigenvalue weighted by Crippen LogP contribution is -2.48. The highest BCUT2D eigenvalue weighted by atomic mass is 79.9. The van der Waals surface area contributed by atoms with Gasteiger partial charge < -0.3 is 10.1 Å². The monoisotopic (exact) mass is 359 g/mol. The van der Waals surface area contributed by atoms with Crippen LogP contribution >= 0.6 is 28.1 Å². The fourth-order valence-electron chi connectivity index (χ4n) is 1.43. The summed E-state index contributed by atoms with van der Waals surface area (Å²) in [6.07, 6.45) is 0.851. The SMILES string of the molecule is COCCCNC(=S)N(C)NC(=O)c1cccc(Br)c1. The lowest BCUT2D eigenvalue weighted by Gasteiger charge is -2.21. The Morgan fingerprint density at radius 2 is 2.25 bits per heavy atom. The van der Waals surface area contributed by atoms with E-state index in [0.717, 1.165) is 10.9 Å². The molecule has 0 aliphatic carbocycles. The highest BCUT2D eigenvalue weighted by Gasteiger charge is 2.10. The molecule has 1 aromatic carbocycles. The average molecular weight is 360 g/mol. The van der Waals surface area contributed by atoms with Crippen LogP contribution in [0.2, 0.25) is 0 Å². The number of halogens is 1. The summed E-state index contributed by atoms with van der Waals surface area (Å²) in [4.78, 5) is 12.0. The van der Waals surface area contributed by atoms with Gasteiger partial charge in [-0.05, 0) is 36.8 Å². The molecule has 0 aliphatic rings. The third-order valence-electron chi connectivity index (χ3n) is 2.46. The summed E-state index contributed by atoms with van der Waals surface area (Å²) in [5, 5.41) is 4.99. The van der Waals surface area contributed by atoms with E-state index in [-0.39, 0.29) is 5.91 Å². The number of hydrogen-bond donors (Lipinski definition) is 2. The van der Waals surface area contributed by atoms with Crippen molar-refractivity contribution >= 4 is 39.2 Å². The zero-order chi connectivity index (χ0) is 15.0. The number of thiocarbonyl (C=S) groups is 1. The maximum Gasteiger partial charge on any atom is 0.269 e. The van der Waals surface area contributed by atoms with Crippen LogP contribution in [0, 0.1) is 0 Å². The summed E-state index contributed by atoms with van der Waals surface area (Å²) >= 11 is 8.50. The minimum Gasteiger partial charge on any atom is -0.385 e. The van der Waals surface area contributed by atoms with Crippen molar-refractivity contribution in [1.29, 1.82) is 0 Å². The van der Waals surface area contributed by atoms with E-state index >= 15 is 0 Å². The molecule has 0 saturated heterocycles. The summed E-state index contributed by atoms with van der Waals surface area (Å²) in [7, 11) is 3.35. The first-order valence-corrected chi connectivity index (χ1v) is 7.31. The molecule has 7 heteroatoms. The molecule has 1 amide bonds. The van der Waals surface area contributed by atoms with Gasteiger partial charge in [-0.15, -0.1) is 0 Å². The molecule has 0 radical (unpaired) electrons. The van der Waals surface area contributed by atoms with Crippen molar-refractivity contribution in [1.82, 2.24) is 15.8 Å². The summed E-state index contributed by atoms with van der Waals surface area (Å²) in [5.74, 6) is -0.213. The number of nitrogens with one attached hydrogen (secondary N) is 2. The molecule has 0 unspecified atom stereocenters. The Labute approximate surface area is 132 Å². The van der Waals surface area contributed by atoms with Gasteiger partial charge in [0.1, 0.15) is 0 Å². The topological polar surface area (TPSA) is 53.6 Å². The van der Waals surface area contributed by atoms with Crippen molar-refractivity contribution < 1.29 is 9.53 Å². The predicted octanol–water partition coefficient (Wildman–Crippen LogP) is 1.94. The Kier molecular flexibility index (Phi) is 7.50. The van der Waals surface area contributed by atoms with Crippen LogP contribution in [0.15, 0.2) is 28.7 Å². The first-order chi connectivity index (χ1) is 9.54. The lowest BCUT2D eigenvalue weighted by molar-refractivity contribution is 0.0886. The molecule has 1 aromatic rings. The Balaban J connectivity index is 2.43. The summed E-state index contributed by atoms with van der Waals surface area (Å²) in [6.45, 7) is 1.37. The van der Waals surface area contributed by atoms with E-state index in [2.05, 4.69) is 26.7 Å². The van der Waals surface area contributed by atoms with Crippen LogP contribution in [0.4, 0.5) is 0 Å². The fraction of sp³-hybridized carbons (Fsp3) is 0.385. The van der Waals surface area contributed by atoms with Gasteiger partial charge in [-0.2, -0.15) is 0 Å². The molecule has 0 atom stereocenters. The van der Waals surface area contributed by atoms with Crippen molar-refractivity contribution in [2.75, 3.05) is 27.3 Å². The number of carbonyl (C=O) groups excluding carboxylic acids is 1. The molecular weight excluding hydrogens is 342 g/mol. The van der Waals surface area contributed by atoms with Crippen molar-refractivity contribution in [2.24, 2.45) is 0 Å². The Bertz CT molecular complexity index is 471. The van der Waals surface area contributed by atoms with E-state index in [4.69, 9.17) is 17.0 Å². The normalized spacial score (nSPS) is 9.95. The summed E-state index contributed by atoms with van der Waals surface area (Å²) in [5.41, 5.74) is 3.27. The van der Waals surface area contributed by atoms with Gasteiger partial charge in [0.25, 0.3) is 5.91 Å². The van der Waals surface area contributed by atoms with Gasteiger partial charge in [0, 0.05) is 37.3 Å². The number of amides is 1. The molecule has 0 aliphatic heterocycles. The molecule has 1 rings (SSSR count). The van der Waals surface area contributed by atoms with E-state index < -0.39 is 0 Å². The second-order valence-corrected chi connectivity index (χ2v) is 5.39. The van der Waals surface area contributed by atoms with Gasteiger partial charge in [-0.3, -0.25) is 15.2 Å². The standard InChI is InChI=1S/C13H18BrN3O2S/c1-17(13(20)15-7-4-8-19-2)16-12(18)10-5-3-6-11(14)9-10/h3,5-6,9H,4,7-8H2,1-2H3,(H,15,20)(H,16,18). The first kappa shape index (κ1) is 16.9. The van der Waals surface area contributed by atoms with Crippen LogP contribution < -0.4 is 10.7 Å². The molecule has 5 nitrogen and oxygen atoms in total. The predicted molar refractivity (Wildman–Crippen MR) is 86.5 cm³/mol. The minimum atomic E-state index is -0.213. The van der Waals surface area contributed by atoms with Gasteiger partial charge in [-0.25, -0.2) is 0 Å². The van der Waals surface area contributed by atoms with Crippen molar-refractivity contribution in [3.63, 3.8) is 0 Å². The summed E-state index contributed by atoms with van der Waals surface area (Å²) in [6, 6.07) is 7.16. The zero-order valence-electron chi connectivity index (χ0n) is 11.5. The number of rotatable bonds is 5. The van der Waals surface area contributed by atoms with Crippen LogP contribution in [0.25, 0.3) is 0 Å². The van der Waals surface area contributed by atoms with Crippen molar-refractivity contribution in [3.05, 3.63) is 34.3 Å². The number of hydrazine groups is 1. The van der Waals surface area contributed by atoms with Crippen LogP contribution in [0.5, 0.6) is 0 Å². The summed E-state index contributed by atoms with van der Waals surface area (Å²) < 4.78 is 5.80. The van der Waals surface area contributed by atoms with Gasteiger partial charge in [0.05, 0.1) is 0 Å². The Hall–Kier alpha value is -1.18. The first-order valence-electron chi connectivity index (χ1n) is 6.11. The molecule has 0 heterocycles. The zero-order valence-corrected chi connectivity index (χ0v) is 13.9. The van der Waals surface area contributed by atoms with Gasteiger partial charge >= 0.3 is 0 Å². The van der Waals surface area contributed by atoms with Crippen molar-refractivity contribution in [3.8, 4) is 0 Å². The van der Waals surface area contributed by atoms with E-state index in [9.17, 15) is 4.79 Å². The van der Waals surface area contributed by atoms with Gasteiger partial charge in [0.15, 0.2) is 5.11 Å². The molecule has 0 spiro atoms. The molecule has 0 aromatic heterocycles. The van der Waals surface area contributed by atoms with Crippen LogP contribution in [0.1, 0.15) is 16.8 Å². The number of ether oxygens (including phenoxy) is 1. The highest BCUT2D eigenvalue weighted by molar-refractivity contribution is 9.10. The number of carbonyl (C=O) groups is 1. The maximum atomic E-state index is 12.0. The van der Waals surface area contributed by atoms with Crippen LogP contribution in [-0.2, 0) is 4.74 Å². The molecule has 2 N–H and O–H groups in total. The quantitative estimate of drug-likeness (QED) is 0.478. The largest absolute Gasteiger partial charge is 0.385 e. The number of nitrogens with zero attached hydrogens (tertiary/aromatic N) is 1. The number of benzene rings is 1. The lowest BCUT2D eigenvalue weighted by atomic mass is 10.2. The van der Waals surface area contributed by atoms with Crippen LogP contribution in [-0.4, -0.2) is 43.3 Å². The average Bonchev–Trinajstić information content (AvgIpc) is 2.43. The highest BCUT2D eigenvalue weighted by Crippen LogP contribution is 2.11. The molecule has 0 fully saturated rings. The van der Waals surface area contributed by atoms with Crippen molar-refractivity contribution in [2.45, 2.75) is 6.42 Å². The minimum absolute atomic E-state index is 0.213. The second kappa shape index (κ2) is 8.89. The molecule has 0 bridgehead atoms. The van der Waals surface area contributed by atoms with Gasteiger partial charge in [-0.1, -0.05) is 22.0 Å². The van der Waals surface area contributed by atoms with E-state index in [1.807, 2.05) is 6.07 Å². The third-order valence-corrected chi connectivity index (χ3v) is 3.37. The maximum absolute atomic E-state index is 12.0. The van der Waals surface area contributed by atoms with E-state index in [1.165, 1.54) is 5.01 Å². The third kappa shape index (κ3) is 5.85. The number of methoxy groups -OCH3 is 1. The fourth-order valence-corrected chi connectivity index (χ4v) is 1.97. The smallest absolute Gasteiger partial charge is 0.269 e. The number of hydrogen-bond acceptors (Lipinski definition) is 3. The Morgan fingerprint density at radius 1 is 1.50 bits per heavy atom. The molecule has 110 valence electrons. The second-order valence-electron chi connectivity index (χ2n) is 4.09. The van der Waals surface area contributed by atoms with Crippen LogP contribution in [0.3, 0.4) is 0 Å².